The molecule has 0 heterocycles. The highest BCUT2D eigenvalue weighted by atomic mass is 127. The summed E-state index contributed by atoms with van der Waals surface area (Å²) in [5, 5.41) is 2.33. The molecule has 0 bridgehead atoms. The van der Waals surface area contributed by atoms with E-state index in [1.807, 2.05) is 0 Å². The van der Waals surface area contributed by atoms with Crippen LogP contribution in [0.2, 0.25) is 0 Å². The number of carbonyl (C=O) groups excluding carboxylic acids is 1. The van der Waals surface area contributed by atoms with E-state index in [0.29, 0.717) is 3.57 Å². The lowest BCUT2D eigenvalue weighted by Crippen LogP contribution is -2.15. The Balaban J connectivity index is 2.30. The summed E-state index contributed by atoms with van der Waals surface area (Å²) < 4.78 is 72.8. The number of halogens is 6. The van der Waals surface area contributed by atoms with Crippen LogP contribution in [0, 0.1) is 3.57 Å². The lowest BCUT2D eigenvalue weighted by atomic mass is 10.1. The average Bonchev–Trinajstić information content (AvgIpc) is 2.55. The first kappa shape index (κ1) is 20.2. The number of amides is 1. The van der Waals surface area contributed by atoms with E-state index in [1.54, 1.807) is 22.6 Å². The van der Waals surface area contributed by atoms with E-state index in [4.69, 9.17) is 4.74 Å². The van der Waals surface area contributed by atoms with Crippen LogP contribution in [0.3, 0.4) is 0 Å². The fraction of sp³-hybridized carbons (Fsp3) is 0.188. The maximum absolute atomic E-state index is 12.8. The maximum Gasteiger partial charge on any atom is 0.416 e. The standard InChI is InChI=1S/C16H11F5INO3/c1-25-12-5-2-8(6-13(12)26-15(17)18)14(24)23-11-7-9(16(19,20)21)3-4-10(11)22/h2-7,15H,1H3,(H,23,24). The zero-order chi connectivity index (χ0) is 19.5. The highest BCUT2D eigenvalue weighted by Crippen LogP contribution is 2.33. The molecule has 0 aliphatic heterocycles. The van der Waals surface area contributed by atoms with E-state index in [1.165, 1.54) is 25.3 Å². The van der Waals surface area contributed by atoms with Crippen LogP contribution in [0.25, 0.3) is 0 Å². The molecule has 0 radical (unpaired) electrons. The third-order valence-electron chi connectivity index (χ3n) is 3.18. The first-order valence-electron chi connectivity index (χ1n) is 6.92. The molecule has 0 saturated carbocycles. The summed E-state index contributed by atoms with van der Waals surface area (Å²) in [6.07, 6.45) is -4.57. The number of anilines is 1. The summed E-state index contributed by atoms with van der Waals surface area (Å²) in [5.41, 5.74) is -1.07. The van der Waals surface area contributed by atoms with Gasteiger partial charge in [-0.3, -0.25) is 4.79 Å². The smallest absolute Gasteiger partial charge is 0.416 e. The molecule has 0 aliphatic carbocycles. The fourth-order valence-corrected chi connectivity index (χ4v) is 2.47. The molecule has 0 aromatic heterocycles. The van der Waals surface area contributed by atoms with Crippen LogP contribution >= 0.6 is 22.6 Å². The van der Waals surface area contributed by atoms with Gasteiger partial charge in [-0.05, 0) is 59.0 Å². The van der Waals surface area contributed by atoms with Crippen molar-refractivity contribution in [2.24, 2.45) is 0 Å². The topological polar surface area (TPSA) is 47.6 Å². The van der Waals surface area contributed by atoms with Crippen LogP contribution in [-0.4, -0.2) is 19.6 Å². The second-order valence-corrected chi connectivity index (χ2v) is 6.05. The van der Waals surface area contributed by atoms with E-state index >= 15 is 0 Å². The lowest BCUT2D eigenvalue weighted by molar-refractivity contribution is -0.137. The quantitative estimate of drug-likeness (QED) is 0.468. The van der Waals surface area contributed by atoms with E-state index in [9.17, 15) is 26.7 Å². The van der Waals surface area contributed by atoms with E-state index < -0.39 is 24.3 Å². The molecule has 2 aromatic carbocycles. The molecule has 2 rings (SSSR count). The van der Waals surface area contributed by atoms with Gasteiger partial charge < -0.3 is 14.8 Å². The largest absolute Gasteiger partial charge is 0.493 e. The molecule has 10 heteroatoms. The number of methoxy groups -OCH3 is 1. The first-order chi connectivity index (χ1) is 12.1. The summed E-state index contributed by atoms with van der Waals surface area (Å²) in [7, 11) is 1.23. The van der Waals surface area contributed by atoms with Crippen molar-refractivity contribution < 1.29 is 36.2 Å². The molecule has 0 saturated heterocycles. The normalized spacial score (nSPS) is 11.4. The second kappa shape index (κ2) is 8.06. The molecule has 0 fully saturated rings. The van der Waals surface area contributed by atoms with Crippen molar-refractivity contribution in [3.8, 4) is 11.5 Å². The van der Waals surface area contributed by atoms with Gasteiger partial charge in [-0.2, -0.15) is 22.0 Å². The molecular formula is C16H11F5INO3. The molecule has 0 spiro atoms. The van der Waals surface area contributed by atoms with Gasteiger partial charge in [0.05, 0.1) is 18.4 Å². The number of ether oxygens (including phenoxy) is 2. The molecule has 0 unspecified atom stereocenters. The Morgan fingerprint density at radius 2 is 1.81 bits per heavy atom. The van der Waals surface area contributed by atoms with Crippen LogP contribution in [0.4, 0.5) is 27.6 Å². The molecular weight excluding hydrogens is 476 g/mol. The second-order valence-electron chi connectivity index (χ2n) is 4.89. The zero-order valence-corrected chi connectivity index (χ0v) is 15.2. The van der Waals surface area contributed by atoms with Gasteiger partial charge in [0.2, 0.25) is 0 Å². The average molecular weight is 487 g/mol. The SMILES string of the molecule is COc1ccc(C(=O)Nc2cc(C(F)(F)F)ccc2I)cc1OC(F)F. The van der Waals surface area contributed by atoms with Gasteiger partial charge in [0.25, 0.3) is 5.91 Å². The van der Waals surface area contributed by atoms with Crippen LogP contribution < -0.4 is 14.8 Å². The highest BCUT2D eigenvalue weighted by Gasteiger charge is 2.31. The lowest BCUT2D eigenvalue weighted by Gasteiger charge is -2.13. The van der Waals surface area contributed by atoms with Gasteiger partial charge >= 0.3 is 12.8 Å². The number of benzene rings is 2. The molecule has 0 aliphatic rings. The summed E-state index contributed by atoms with van der Waals surface area (Å²) in [6.45, 7) is -3.13. The molecule has 4 nitrogen and oxygen atoms in total. The van der Waals surface area contributed by atoms with Gasteiger partial charge in [-0.1, -0.05) is 0 Å². The Bertz CT molecular complexity index is 811. The summed E-state index contributed by atoms with van der Waals surface area (Å²) in [6, 6.07) is 6.41. The van der Waals surface area contributed by atoms with Gasteiger partial charge in [0, 0.05) is 9.13 Å². The number of nitrogens with one attached hydrogen (secondary N) is 1. The zero-order valence-electron chi connectivity index (χ0n) is 13.0. The van der Waals surface area contributed by atoms with Crippen molar-refractivity contribution in [3.05, 3.63) is 51.1 Å². The summed E-state index contributed by atoms with van der Waals surface area (Å²) in [5.74, 6) is -1.17. The summed E-state index contributed by atoms with van der Waals surface area (Å²) >= 11 is 1.77. The molecule has 140 valence electrons. The predicted octanol–water partition coefficient (Wildman–Crippen LogP) is 5.17. The van der Waals surface area contributed by atoms with E-state index in [2.05, 4.69) is 10.1 Å². The van der Waals surface area contributed by atoms with Crippen molar-refractivity contribution in [3.63, 3.8) is 0 Å². The van der Waals surface area contributed by atoms with Crippen LogP contribution in [0.15, 0.2) is 36.4 Å². The number of rotatable bonds is 5. The Kier molecular flexibility index (Phi) is 6.26. The minimum absolute atomic E-state index is 0.0181. The van der Waals surface area contributed by atoms with Gasteiger partial charge in [-0.25, -0.2) is 0 Å². The van der Waals surface area contributed by atoms with Crippen molar-refractivity contribution in [2.75, 3.05) is 12.4 Å². The molecule has 1 amide bonds. The van der Waals surface area contributed by atoms with Crippen molar-refractivity contribution >= 4 is 34.2 Å². The Morgan fingerprint density at radius 1 is 1.12 bits per heavy atom. The van der Waals surface area contributed by atoms with E-state index in [-0.39, 0.29) is 22.7 Å². The molecule has 1 N–H and O–H groups in total. The molecule has 26 heavy (non-hydrogen) atoms. The minimum atomic E-state index is -4.57. The van der Waals surface area contributed by atoms with Crippen LogP contribution in [0.5, 0.6) is 11.5 Å². The number of hydrogen-bond donors (Lipinski definition) is 1. The highest BCUT2D eigenvalue weighted by molar-refractivity contribution is 14.1. The maximum atomic E-state index is 12.8. The van der Waals surface area contributed by atoms with Gasteiger partial charge in [0.15, 0.2) is 11.5 Å². The third-order valence-corrected chi connectivity index (χ3v) is 4.12. The Hall–Kier alpha value is -2.11. The summed E-state index contributed by atoms with van der Waals surface area (Å²) in [4.78, 5) is 12.3. The van der Waals surface area contributed by atoms with Crippen molar-refractivity contribution in [2.45, 2.75) is 12.8 Å². The first-order valence-corrected chi connectivity index (χ1v) is 8.00. The number of alkyl halides is 5. The monoisotopic (exact) mass is 487 g/mol. The minimum Gasteiger partial charge on any atom is -0.493 e. The Labute approximate surface area is 158 Å². The van der Waals surface area contributed by atoms with Gasteiger partial charge in [-0.15, -0.1) is 0 Å². The van der Waals surface area contributed by atoms with Gasteiger partial charge in [0.1, 0.15) is 0 Å². The molecule has 0 atom stereocenters. The predicted molar refractivity (Wildman–Crippen MR) is 91.7 cm³/mol. The van der Waals surface area contributed by atoms with Crippen LogP contribution in [0.1, 0.15) is 15.9 Å². The van der Waals surface area contributed by atoms with E-state index in [0.717, 1.165) is 18.2 Å². The third kappa shape index (κ3) is 4.96. The number of carbonyl (C=O) groups is 1. The number of hydrogen-bond acceptors (Lipinski definition) is 3. The molecule has 2 aromatic rings. The van der Waals surface area contributed by atoms with Crippen molar-refractivity contribution in [1.82, 2.24) is 0 Å². The Morgan fingerprint density at radius 3 is 2.38 bits per heavy atom. The fourth-order valence-electron chi connectivity index (χ4n) is 2.00. The van der Waals surface area contributed by atoms with Crippen molar-refractivity contribution in [1.29, 1.82) is 0 Å². The van der Waals surface area contributed by atoms with Crippen LogP contribution in [-0.2, 0) is 6.18 Å².